The van der Waals surface area contributed by atoms with E-state index in [1.807, 2.05) is 0 Å². The maximum atomic E-state index is 13.4. The molecule has 0 aliphatic heterocycles. The van der Waals surface area contributed by atoms with E-state index >= 15 is 0 Å². The average Bonchev–Trinajstić information content (AvgIpc) is 2.80. The second-order valence-corrected chi connectivity index (χ2v) is 5.15. The average molecular weight is 286 g/mol. The molecule has 1 heterocycles. The molecule has 0 unspecified atom stereocenters. The lowest BCUT2D eigenvalue weighted by Crippen LogP contribution is -2.13. The van der Waals surface area contributed by atoms with Crippen molar-refractivity contribution in [3.8, 4) is 0 Å². The maximum absolute atomic E-state index is 13.4. The number of hydrogen-bond donors (Lipinski definition) is 2. The first kappa shape index (κ1) is 13.0. The first-order valence-electron chi connectivity index (χ1n) is 4.86. The van der Waals surface area contributed by atoms with Crippen LogP contribution < -0.4 is 4.72 Å². The highest BCUT2D eigenvalue weighted by Gasteiger charge is 2.20. The lowest BCUT2D eigenvalue weighted by atomic mass is 10.3. The van der Waals surface area contributed by atoms with Crippen LogP contribution in [0.3, 0.4) is 0 Å². The molecule has 0 saturated carbocycles. The summed E-state index contributed by atoms with van der Waals surface area (Å²) in [5.74, 6) is -1.22. The molecule has 19 heavy (non-hydrogen) atoms. The molecule has 8 nitrogen and oxygen atoms in total. The summed E-state index contributed by atoms with van der Waals surface area (Å²) < 4.78 is 39.2. The second-order valence-electron chi connectivity index (χ2n) is 3.46. The van der Waals surface area contributed by atoms with Gasteiger partial charge in [-0.3, -0.25) is 19.9 Å². The normalized spacial score (nSPS) is 11.2. The smallest absolute Gasteiger partial charge is 0.284 e. The van der Waals surface area contributed by atoms with Crippen LogP contribution in [0.2, 0.25) is 0 Å². The van der Waals surface area contributed by atoms with Gasteiger partial charge in [0.1, 0.15) is 0 Å². The van der Waals surface area contributed by atoms with Gasteiger partial charge in [0, 0.05) is 18.3 Å². The SMILES string of the molecule is O=[N+]([O-])c1ccc(S(=O)(=O)Nc2cn[nH]c2)cc1F. The third-order valence-corrected chi connectivity index (χ3v) is 3.56. The van der Waals surface area contributed by atoms with Crippen LogP contribution in [0.1, 0.15) is 0 Å². The molecule has 0 atom stereocenters. The summed E-state index contributed by atoms with van der Waals surface area (Å²) in [7, 11) is -4.02. The van der Waals surface area contributed by atoms with E-state index in [4.69, 9.17) is 0 Å². The molecule has 0 aliphatic rings. The molecular formula is C9H7FN4O4S. The largest absolute Gasteiger partial charge is 0.304 e. The molecule has 1 aromatic heterocycles. The summed E-state index contributed by atoms with van der Waals surface area (Å²) in [5.41, 5.74) is -0.624. The molecule has 100 valence electrons. The van der Waals surface area contributed by atoms with Gasteiger partial charge in [-0.05, 0) is 6.07 Å². The van der Waals surface area contributed by atoms with Crippen molar-refractivity contribution in [2.45, 2.75) is 4.90 Å². The van der Waals surface area contributed by atoms with Crippen LogP contribution in [-0.2, 0) is 10.0 Å². The summed E-state index contributed by atoms with van der Waals surface area (Å²) in [6.45, 7) is 0. The van der Waals surface area contributed by atoms with Gasteiger partial charge in [0.15, 0.2) is 0 Å². The van der Waals surface area contributed by atoms with Gasteiger partial charge in [-0.15, -0.1) is 0 Å². The Kier molecular flexibility index (Phi) is 3.17. The summed E-state index contributed by atoms with van der Waals surface area (Å²) in [6, 6.07) is 2.32. The van der Waals surface area contributed by atoms with Crippen molar-refractivity contribution >= 4 is 21.4 Å². The Morgan fingerprint density at radius 2 is 2.16 bits per heavy atom. The molecule has 0 fully saturated rings. The Morgan fingerprint density at radius 1 is 1.42 bits per heavy atom. The standard InChI is InChI=1S/C9H7FN4O4S/c10-8-3-7(1-2-9(8)14(15)16)19(17,18)13-6-4-11-12-5-6/h1-5,13H,(H,11,12). The molecule has 2 aromatic rings. The lowest BCUT2D eigenvalue weighted by Gasteiger charge is -2.05. The van der Waals surface area contributed by atoms with E-state index in [2.05, 4.69) is 14.9 Å². The zero-order valence-corrected chi connectivity index (χ0v) is 10.0. The molecule has 0 saturated heterocycles. The fraction of sp³-hybridized carbons (Fsp3) is 0. The van der Waals surface area contributed by atoms with Crippen LogP contribution in [0.5, 0.6) is 0 Å². The molecule has 0 spiro atoms. The van der Waals surface area contributed by atoms with Crippen molar-refractivity contribution in [1.82, 2.24) is 10.2 Å². The highest BCUT2D eigenvalue weighted by molar-refractivity contribution is 7.92. The zero-order chi connectivity index (χ0) is 14.0. The van der Waals surface area contributed by atoms with E-state index in [-0.39, 0.29) is 5.69 Å². The topological polar surface area (TPSA) is 118 Å². The van der Waals surface area contributed by atoms with Gasteiger partial charge >= 0.3 is 5.69 Å². The van der Waals surface area contributed by atoms with Crippen molar-refractivity contribution < 1.29 is 17.7 Å². The Hall–Kier alpha value is -2.49. The summed E-state index contributed by atoms with van der Waals surface area (Å²) >= 11 is 0. The number of hydrogen-bond acceptors (Lipinski definition) is 5. The molecule has 0 amide bonds. The van der Waals surface area contributed by atoms with Gasteiger partial charge in [-0.2, -0.15) is 9.49 Å². The summed E-state index contributed by atoms with van der Waals surface area (Å²) in [6.07, 6.45) is 2.51. The van der Waals surface area contributed by atoms with Crippen molar-refractivity contribution in [2.75, 3.05) is 4.72 Å². The molecule has 2 rings (SSSR count). The molecule has 1 aromatic carbocycles. The molecule has 10 heteroatoms. The first-order chi connectivity index (χ1) is 8.90. The van der Waals surface area contributed by atoms with Gasteiger partial charge in [0.25, 0.3) is 10.0 Å². The fourth-order valence-corrected chi connectivity index (χ4v) is 2.37. The summed E-state index contributed by atoms with van der Waals surface area (Å²) in [5, 5.41) is 16.4. The fourth-order valence-electron chi connectivity index (χ4n) is 1.32. The lowest BCUT2D eigenvalue weighted by molar-refractivity contribution is -0.387. The predicted octanol–water partition coefficient (Wildman–Crippen LogP) is 1.26. The maximum Gasteiger partial charge on any atom is 0.304 e. The Morgan fingerprint density at radius 3 is 2.68 bits per heavy atom. The number of nitrogens with zero attached hydrogens (tertiary/aromatic N) is 2. The van der Waals surface area contributed by atoms with E-state index < -0.39 is 31.3 Å². The molecule has 0 radical (unpaired) electrons. The quantitative estimate of drug-likeness (QED) is 0.648. The summed E-state index contributed by atoms with van der Waals surface area (Å²) in [4.78, 5) is 9.07. The van der Waals surface area contributed by atoms with E-state index in [1.54, 1.807) is 0 Å². The van der Waals surface area contributed by atoms with Crippen LogP contribution in [0, 0.1) is 15.9 Å². The monoisotopic (exact) mass is 286 g/mol. The van der Waals surface area contributed by atoms with Crippen molar-refractivity contribution in [3.05, 3.63) is 46.5 Å². The number of nitro benzene ring substituents is 1. The number of sulfonamides is 1. The molecule has 2 N–H and O–H groups in total. The van der Waals surface area contributed by atoms with Crippen LogP contribution >= 0.6 is 0 Å². The highest BCUT2D eigenvalue weighted by Crippen LogP contribution is 2.22. The number of aromatic amines is 1. The Balaban J connectivity index is 2.36. The van der Waals surface area contributed by atoms with Gasteiger partial charge < -0.3 is 0 Å². The number of benzene rings is 1. The van der Waals surface area contributed by atoms with Gasteiger partial charge in [-0.25, -0.2) is 8.42 Å². The van der Waals surface area contributed by atoms with Gasteiger partial charge in [-0.1, -0.05) is 0 Å². The van der Waals surface area contributed by atoms with E-state index in [9.17, 15) is 22.9 Å². The first-order valence-corrected chi connectivity index (χ1v) is 6.34. The number of nitrogens with one attached hydrogen (secondary N) is 2. The Bertz CT molecular complexity index is 714. The van der Waals surface area contributed by atoms with Crippen molar-refractivity contribution in [3.63, 3.8) is 0 Å². The minimum atomic E-state index is -4.02. The van der Waals surface area contributed by atoms with E-state index in [1.165, 1.54) is 12.4 Å². The third kappa shape index (κ3) is 2.68. The van der Waals surface area contributed by atoms with Crippen molar-refractivity contribution in [1.29, 1.82) is 0 Å². The third-order valence-electron chi connectivity index (χ3n) is 2.18. The van der Waals surface area contributed by atoms with Crippen molar-refractivity contribution in [2.24, 2.45) is 0 Å². The zero-order valence-electron chi connectivity index (χ0n) is 9.20. The van der Waals surface area contributed by atoms with Crippen LogP contribution in [0.25, 0.3) is 0 Å². The number of anilines is 1. The number of aromatic nitrogens is 2. The van der Waals surface area contributed by atoms with Gasteiger partial charge in [0.2, 0.25) is 5.82 Å². The van der Waals surface area contributed by atoms with E-state index in [0.717, 1.165) is 12.1 Å². The molecule has 0 aliphatic carbocycles. The van der Waals surface area contributed by atoms with E-state index in [0.29, 0.717) is 6.07 Å². The Labute approximate surface area is 106 Å². The molecular weight excluding hydrogens is 279 g/mol. The van der Waals surface area contributed by atoms with Gasteiger partial charge in [0.05, 0.1) is 21.7 Å². The number of H-pyrrole nitrogens is 1. The number of halogens is 1. The van der Waals surface area contributed by atoms with Crippen LogP contribution in [0.15, 0.2) is 35.5 Å². The predicted molar refractivity (Wildman–Crippen MR) is 62.5 cm³/mol. The van der Waals surface area contributed by atoms with Crippen LogP contribution in [-0.4, -0.2) is 23.5 Å². The number of nitro groups is 1. The number of rotatable bonds is 4. The second kappa shape index (κ2) is 4.65. The minimum Gasteiger partial charge on any atom is -0.284 e. The minimum absolute atomic E-state index is 0.166. The van der Waals surface area contributed by atoms with Crippen LogP contribution in [0.4, 0.5) is 15.8 Å². The molecule has 0 bridgehead atoms. The highest BCUT2D eigenvalue weighted by atomic mass is 32.2.